The van der Waals surface area contributed by atoms with Crippen molar-refractivity contribution in [2.45, 2.75) is 38.3 Å². The maximum Gasteiger partial charge on any atom is 0.219 e. The Morgan fingerprint density at radius 3 is 2.88 bits per heavy atom. The van der Waals surface area contributed by atoms with E-state index in [0.717, 1.165) is 57.2 Å². The molecular weight excluding hydrogens is 404 g/mol. The van der Waals surface area contributed by atoms with Crippen molar-refractivity contribution in [2.75, 3.05) is 13.6 Å². The van der Waals surface area contributed by atoms with Gasteiger partial charge in [0.2, 0.25) is 5.88 Å². The van der Waals surface area contributed by atoms with Crippen LogP contribution in [0.1, 0.15) is 48.4 Å². The van der Waals surface area contributed by atoms with Gasteiger partial charge in [-0.3, -0.25) is 10.00 Å². The second kappa shape index (κ2) is 7.34. The van der Waals surface area contributed by atoms with Crippen molar-refractivity contribution < 1.29 is 9.26 Å². The molecule has 2 aliphatic rings. The maximum absolute atomic E-state index is 6.38. The van der Waals surface area contributed by atoms with Gasteiger partial charge in [0.1, 0.15) is 6.10 Å². The lowest BCUT2D eigenvalue weighted by atomic mass is 10.0. The van der Waals surface area contributed by atoms with Crippen LogP contribution in [0, 0.1) is 0 Å². The monoisotopic (exact) mass is 430 g/mol. The smallest absolute Gasteiger partial charge is 0.219 e. The third-order valence-corrected chi connectivity index (χ3v) is 6.29. The first-order chi connectivity index (χ1) is 15.6. The van der Waals surface area contributed by atoms with E-state index in [1.54, 1.807) is 4.68 Å². The Bertz CT molecular complexity index is 1330. The summed E-state index contributed by atoms with van der Waals surface area (Å²) in [5.41, 5.74) is 6.06. The fraction of sp³-hybridized carbons (Fsp3) is 0.375. The van der Waals surface area contributed by atoms with Crippen LogP contribution >= 0.6 is 0 Å². The molecule has 0 radical (unpaired) electrons. The predicted octanol–water partition coefficient (Wildman–Crippen LogP) is 4.21. The van der Waals surface area contributed by atoms with Crippen LogP contribution in [0.25, 0.3) is 34.2 Å². The molecule has 1 aliphatic carbocycles. The Hall–Kier alpha value is -3.39. The Kier molecular flexibility index (Phi) is 4.43. The average Bonchev–Trinajstić information content (AvgIpc) is 3.27. The third-order valence-electron chi connectivity index (χ3n) is 6.29. The predicted molar refractivity (Wildman–Crippen MR) is 122 cm³/mol. The molecule has 1 atom stereocenters. The number of nitrogens with zero attached hydrogens (tertiary/aromatic N) is 5. The lowest BCUT2D eigenvalue weighted by Crippen LogP contribution is -2.31. The minimum absolute atomic E-state index is 0.0303. The van der Waals surface area contributed by atoms with Gasteiger partial charge >= 0.3 is 0 Å². The zero-order valence-electron chi connectivity index (χ0n) is 18.5. The molecule has 4 heterocycles. The van der Waals surface area contributed by atoms with Crippen molar-refractivity contribution in [3.05, 3.63) is 47.1 Å². The highest BCUT2D eigenvalue weighted by Crippen LogP contribution is 2.42. The van der Waals surface area contributed by atoms with Gasteiger partial charge < -0.3 is 9.26 Å². The first kappa shape index (κ1) is 19.3. The largest absolute Gasteiger partial charge is 0.473 e. The number of aryl methyl sites for hydroxylation is 1. The van der Waals surface area contributed by atoms with Crippen molar-refractivity contribution in [1.29, 1.82) is 0 Å². The molecule has 6 rings (SSSR count). The number of hydrogen-bond donors (Lipinski definition) is 1. The number of fused-ring (bicyclic) bond motifs is 4. The average molecular weight is 431 g/mol. The van der Waals surface area contributed by atoms with E-state index in [1.165, 1.54) is 12.8 Å². The number of likely N-dealkylation sites (N-methyl/N-ethyl adjacent to an activating group) is 1. The van der Waals surface area contributed by atoms with Gasteiger partial charge in [-0.05, 0) is 56.7 Å². The van der Waals surface area contributed by atoms with Crippen LogP contribution < -0.4 is 4.74 Å². The van der Waals surface area contributed by atoms with E-state index in [2.05, 4.69) is 69.7 Å². The number of aromatic amines is 1. The molecule has 1 N–H and O–H groups in total. The molecular formula is C24H26N6O2. The molecule has 1 fully saturated rings. The Labute approximate surface area is 185 Å². The number of hydrogen-bond acceptors (Lipinski definition) is 6. The van der Waals surface area contributed by atoms with Crippen LogP contribution in [0.3, 0.4) is 0 Å². The van der Waals surface area contributed by atoms with Crippen molar-refractivity contribution in [2.24, 2.45) is 7.05 Å². The molecule has 32 heavy (non-hydrogen) atoms. The van der Waals surface area contributed by atoms with Crippen LogP contribution in [0.4, 0.5) is 0 Å². The molecule has 164 valence electrons. The fourth-order valence-corrected chi connectivity index (χ4v) is 4.52. The lowest BCUT2D eigenvalue weighted by molar-refractivity contribution is 0.142. The summed E-state index contributed by atoms with van der Waals surface area (Å²) in [6.07, 6.45) is 8.36. The summed E-state index contributed by atoms with van der Waals surface area (Å²) in [6, 6.07) is 6.28. The normalized spacial score (nSPS) is 20.4. The van der Waals surface area contributed by atoms with Gasteiger partial charge in [0.15, 0.2) is 5.76 Å². The molecule has 0 amide bonds. The second-order valence-electron chi connectivity index (χ2n) is 8.99. The number of H-pyrrole nitrogens is 1. The van der Waals surface area contributed by atoms with Crippen molar-refractivity contribution in [1.82, 2.24) is 30.0 Å². The summed E-state index contributed by atoms with van der Waals surface area (Å²) < 4.78 is 14.0. The molecule has 1 aliphatic heterocycles. The van der Waals surface area contributed by atoms with E-state index in [9.17, 15) is 0 Å². The van der Waals surface area contributed by atoms with Crippen LogP contribution in [0.15, 0.2) is 28.9 Å². The third kappa shape index (κ3) is 3.31. The quantitative estimate of drug-likeness (QED) is 0.487. The van der Waals surface area contributed by atoms with E-state index >= 15 is 0 Å². The summed E-state index contributed by atoms with van der Waals surface area (Å²) >= 11 is 0. The zero-order chi connectivity index (χ0) is 21.8. The maximum atomic E-state index is 6.38. The van der Waals surface area contributed by atoms with Crippen LogP contribution in [0.5, 0.6) is 5.88 Å². The Morgan fingerprint density at radius 2 is 2.03 bits per heavy atom. The SMILES string of the molecule is C[C@H]1CN(C)Cc2onc(C3CC3)c2/C=C/c2n[nH]c3ccc(cc23)-c2cnn(C)c2O1. The summed E-state index contributed by atoms with van der Waals surface area (Å²) in [5.74, 6) is 2.15. The van der Waals surface area contributed by atoms with Gasteiger partial charge in [0.25, 0.3) is 0 Å². The molecule has 2 bridgehead atoms. The highest BCUT2D eigenvalue weighted by molar-refractivity contribution is 5.93. The standard InChI is InChI=1S/C24H26N6O2/c1-14-12-29(2)13-22-17(23(28-32-22)15-4-5-15)7-9-21-18-10-16(6-8-20(18)26-27-21)19-11-25-30(3)24(19)31-14/h6-11,14-15H,4-5,12-13H2,1-3H3,(H,26,27)/b9-7+/t14-/m0/s1. The van der Waals surface area contributed by atoms with Crippen molar-refractivity contribution in [3.63, 3.8) is 0 Å². The van der Waals surface area contributed by atoms with Crippen LogP contribution in [0.2, 0.25) is 0 Å². The zero-order valence-corrected chi connectivity index (χ0v) is 18.5. The van der Waals surface area contributed by atoms with E-state index in [0.29, 0.717) is 12.5 Å². The number of ether oxygens (including phenoxy) is 1. The van der Waals surface area contributed by atoms with E-state index in [4.69, 9.17) is 9.26 Å². The highest BCUT2D eigenvalue weighted by atomic mass is 16.5. The van der Waals surface area contributed by atoms with Gasteiger partial charge in [-0.2, -0.15) is 10.2 Å². The first-order valence-corrected chi connectivity index (χ1v) is 11.1. The number of aromatic nitrogens is 5. The van der Waals surface area contributed by atoms with Crippen LogP contribution in [-0.2, 0) is 13.6 Å². The van der Waals surface area contributed by atoms with Gasteiger partial charge in [-0.15, -0.1) is 0 Å². The summed E-state index contributed by atoms with van der Waals surface area (Å²) in [5, 5.41) is 17.6. The minimum Gasteiger partial charge on any atom is -0.473 e. The lowest BCUT2D eigenvalue weighted by Gasteiger charge is -2.22. The van der Waals surface area contributed by atoms with E-state index < -0.39 is 0 Å². The molecule has 8 heteroatoms. The van der Waals surface area contributed by atoms with Gasteiger partial charge in [0.05, 0.1) is 35.2 Å². The molecule has 8 nitrogen and oxygen atoms in total. The molecule has 0 saturated heterocycles. The number of rotatable bonds is 1. The first-order valence-electron chi connectivity index (χ1n) is 11.1. The Morgan fingerprint density at radius 1 is 1.16 bits per heavy atom. The van der Waals surface area contributed by atoms with Crippen molar-refractivity contribution >= 4 is 23.1 Å². The second-order valence-corrected chi connectivity index (χ2v) is 8.99. The van der Waals surface area contributed by atoms with Gasteiger partial charge in [0, 0.05) is 30.5 Å². The molecule has 0 unspecified atom stereocenters. The van der Waals surface area contributed by atoms with E-state index in [1.807, 2.05) is 13.2 Å². The van der Waals surface area contributed by atoms with Crippen LogP contribution in [-0.4, -0.2) is 49.7 Å². The fourth-order valence-electron chi connectivity index (χ4n) is 4.52. The molecule has 4 aromatic rings. The molecule has 1 saturated carbocycles. The van der Waals surface area contributed by atoms with E-state index in [-0.39, 0.29) is 6.10 Å². The topological polar surface area (TPSA) is 85.0 Å². The molecule has 0 spiro atoms. The minimum atomic E-state index is -0.0303. The van der Waals surface area contributed by atoms with Crippen molar-refractivity contribution in [3.8, 4) is 17.0 Å². The number of nitrogens with one attached hydrogen (secondary N) is 1. The summed E-state index contributed by atoms with van der Waals surface area (Å²) in [6.45, 7) is 3.49. The number of benzene rings is 1. The summed E-state index contributed by atoms with van der Waals surface area (Å²) in [4.78, 5) is 2.21. The Balaban J connectivity index is 1.51. The summed E-state index contributed by atoms with van der Waals surface area (Å²) in [7, 11) is 3.99. The molecule has 1 aromatic carbocycles. The highest BCUT2D eigenvalue weighted by Gasteiger charge is 2.31. The van der Waals surface area contributed by atoms with Gasteiger partial charge in [-0.25, -0.2) is 4.68 Å². The van der Waals surface area contributed by atoms with Gasteiger partial charge in [-0.1, -0.05) is 11.2 Å². The molecule has 3 aromatic heterocycles.